The number of aromatic hydroxyl groups is 1. The average Bonchev–Trinajstić information content (AvgIpc) is 3.14. The van der Waals surface area contributed by atoms with Gasteiger partial charge in [-0.25, -0.2) is 0 Å². The van der Waals surface area contributed by atoms with Gasteiger partial charge in [-0.2, -0.15) is 0 Å². The van der Waals surface area contributed by atoms with E-state index in [4.69, 9.17) is 0 Å². The van der Waals surface area contributed by atoms with E-state index in [2.05, 4.69) is 10.6 Å². The van der Waals surface area contributed by atoms with Crippen molar-refractivity contribution in [2.24, 2.45) is 0 Å². The summed E-state index contributed by atoms with van der Waals surface area (Å²) in [7, 11) is 3.19. The van der Waals surface area contributed by atoms with Crippen LogP contribution in [-0.4, -0.2) is 52.8 Å². The summed E-state index contributed by atoms with van der Waals surface area (Å²) >= 11 is 0. The summed E-state index contributed by atoms with van der Waals surface area (Å²) in [6, 6.07) is 14.2. The number of imide groups is 1. The van der Waals surface area contributed by atoms with Crippen LogP contribution in [0, 0.1) is 0 Å². The molecule has 0 atom stereocenters. The number of rotatable bonds is 7. The first kappa shape index (κ1) is 26.8. The zero-order valence-corrected chi connectivity index (χ0v) is 21.5. The van der Waals surface area contributed by atoms with Gasteiger partial charge in [0.15, 0.2) is 5.75 Å². The maximum atomic E-state index is 13.5. The van der Waals surface area contributed by atoms with Crippen LogP contribution in [0.1, 0.15) is 61.9 Å². The number of phenols is 1. The number of benzene rings is 2. The highest BCUT2D eigenvalue weighted by molar-refractivity contribution is 6.20. The minimum Gasteiger partial charge on any atom is -0.505 e. The summed E-state index contributed by atoms with van der Waals surface area (Å²) < 4.78 is 0. The average molecular weight is 493 g/mol. The maximum Gasteiger partial charge on any atom is 0.279 e. The van der Waals surface area contributed by atoms with Gasteiger partial charge in [0.1, 0.15) is 11.4 Å². The van der Waals surface area contributed by atoms with Gasteiger partial charge in [0.05, 0.1) is 11.3 Å². The molecule has 8 nitrogen and oxygen atoms in total. The Hall–Kier alpha value is -3.81. The third kappa shape index (κ3) is 5.70. The van der Waals surface area contributed by atoms with Crippen molar-refractivity contribution in [3.05, 3.63) is 71.1 Å². The summed E-state index contributed by atoms with van der Waals surface area (Å²) in [5.74, 6) is -1.42. The molecule has 3 amide bonds. The molecule has 0 bridgehead atoms. The fraction of sp³-hybridized carbons (Fsp3) is 0.393. The molecule has 1 saturated carbocycles. The number of nitrogens with one attached hydrogen (secondary N) is 2. The summed E-state index contributed by atoms with van der Waals surface area (Å²) in [6.45, 7) is 4.37. The minimum absolute atomic E-state index is 0.0799. The summed E-state index contributed by atoms with van der Waals surface area (Å²) in [5, 5.41) is 16.9. The second-order valence-corrected chi connectivity index (χ2v) is 8.89. The van der Waals surface area contributed by atoms with E-state index in [1.165, 1.54) is 15.9 Å². The zero-order valence-electron chi connectivity index (χ0n) is 21.5. The maximum absolute atomic E-state index is 13.5. The van der Waals surface area contributed by atoms with E-state index in [0.717, 1.165) is 37.7 Å². The van der Waals surface area contributed by atoms with E-state index in [1.807, 2.05) is 44.2 Å². The van der Waals surface area contributed by atoms with Crippen molar-refractivity contribution in [2.75, 3.05) is 19.4 Å². The Morgan fingerprint density at radius 2 is 1.58 bits per heavy atom. The zero-order chi connectivity index (χ0) is 26.2. The Morgan fingerprint density at radius 1 is 0.944 bits per heavy atom. The highest BCUT2D eigenvalue weighted by Crippen LogP contribution is 2.34. The van der Waals surface area contributed by atoms with Crippen LogP contribution >= 0.6 is 0 Å². The van der Waals surface area contributed by atoms with Crippen molar-refractivity contribution in [3.8, 4) is 5.75 Å². The number of hydrogen-bond donors (Lipinski definition) is 3. The monoisotopic (exact) mass is 492 g/mol. The van der Waals surface area contributed by atoms with Crippen molar-refractivity contribution in [2.45, 2.75) is 58.5 Å². The number of hydrogen-bond acceptors (Lipinski definition) is 6. The van der Waals surface area contributed by atoms with Crippen LogP contribution in [0.4, 0.5) is 5.69 Å². The first-order valence-corrected chi connectivity index (χ1v) is 12.6. The third-order valence-corrected chi connectivity index (χ3v) is 6.30. The van der Waals surface area contributed by atoms with E-state index in [1.54, 1.807) is 26.2 Å². The van der Waals surface area contributed by atoms with Crippen molar-refractivity contribution in [1.29, 1.82) is 0 Å². The van der Waals surface area contributed by atoms with Crippen molar-refractivity contribution in [1.82, 2.24) is 15.1 Å². The van der Waals surface area contributed by atoms with Gasteiger partial charge in [0.2, 0.25) is 0 Å². The Kier molecular flexibility index (Phi) is 9.11. The number of carbonyl (C=O) groups excluding carboxylic acids is 3. The molecular formula is C28H36N4O4. The van der Waals surface area contributed by atoms with Gasteiger partial charge in [0.25, 0.3) is 17.7 Å². The molecule has 3 N–H and O–H groups in total. The number of nitrogens with zero attached hydrogens (tertiary/aromatic N) is 2. The summed E-state index contributed by atoms with van der Waals surface area (Å²) in [4.78, 5) is 42.0. The van der Waals surface area contributed by atoms with Gasteiger partial charge < -0.3 is 20.6 Å². The van der Waals surface area contributed by atoms with Crippen LogP contribution in [0.25, 0.3) is 0 Å². The van der Waals surface area contributed by atoms with Crippen LogP contribution in [0.2, 0.25) is 0 Å². The van der Waals surface area contributed by atoms with E-state index >= 15 is 0 Å². The van der Waals surface area contributed by atoms with Crippen molar-refractivity contribution >= 4 is 23.4 Å². The van der Waals surface area contributed by atoms with Crippen LogP contribution < -0.4 is 10.6 Å². The lowest BCUT2D eigenvalue weighted by atomic mass is 9.94. The number of phenolic OH excluding ortho intramolecular Hbond substituents is 1. The SMILES string of the molecule is CC.CN(C)C(=O)c1cccc(NC2=C(NCc3ccccc3)C(=O)N(C3CCCCC3)C2=O)c1O. The quantitative estimate of drug-likeness (QED) is 0.395. The predicted molar refractivity (Wildman–Crippen MR) is 140 cm³/mol. The highest BCUT2D eigenvalue weighted by atomic mass is 16.3. The molecular weight excluding hydrogens is 456 g/mol. The molecule has 0 unspecified atom stereocenters. The van der Waals surface area contributed by atoms with Gasteiger partial charge in [0, 0.05) is 26.7 Å². The molecule has 2 aromatic rings. The minimum atomic E-state index is -0.420. The molecule has 0 saturated heterocycles. The molecule has 2 aliphatic rings. The fourth-order valence-electron chi connectivity index (χ4n) is 4.48. The van der Waals surface area contributed by atoms with Crippen LogP contribution in [-0.2, 0) is 16.1 Å². The second-order valence-electron chi connectivity index (χ2n) is 8.89. The summed E-state index contributed by atoms with van der Waals surface area (Å²) in [5.41, 5.74) is 1.51. The Labute approximate surface area is 213 Å². The van der Waals surface area contributed by atoms with Crippen molar-refractivity contribution in [3.63, 3.8) is 0 Å². The molecule has 1 fully saturated rings. The van der Waals surface area contributed by atoms with E-state index < -0.39 is 5.91 Å². The molecule has 1 heterocycles. The van der Waals surface area contributed by atoms with Gasteiger partial charge in [-0.05, 0) is 30.5 Å². The molecule has 4 rings (SSSR count). The van der Waals surface area contributed by atoms with E-state index in [-0.39, 0.29) is 46.3 Å². The molecule has 1 aliphatic carbocycles. The van der Waals surface area contributed by atoms with Gasteiger partial charge in [-0.3, -0.25) is 19.3 Å². The topological polar surface area (TPSA) is 102 Å². The van der Waals surface area contributed by atoms with Gasteiger partial charge >= 0.3 is 0 Å². The Morgan fingerprint density at radius 3 is 2.22 bits per heavy atom. The van der Waals surface area contributed by atoms with Crippen LogP contribution in [0.3, 0.4) is 0 Å². The molecule has 36 heavy (non-hydrogen) atoms. The lowest BCUT2D eigenvalue weighted by Gasteiger charge is -2.29. The summed E-state index contributed by atoms with van der Waals surface area (Å²) in [6.07, 6.45) is 4.63. The molecule has 2 aromatic carbocycles. The fourth-order valence-corrected chi connectivity index (χ4v) is 4.48. The molecule has 0 radical (unpaired) electrons. The van der Waals surface area contributed by atoms with E-state index in [0.29, 0.717) is 6.54 Å². The molecule has 0 aromatic heterocycles. The van der Waals surface area contributed by atoms with Crippen molar-refractivity contribution < 1.29 is 19.5 Å². The lowest BCUT2D eigenvalue weighted by molar-refractivity contribution is -0.141. The standard InChI is InChI=1S/C26H30N4O4.C2H6/c1-29(2)24(32)19-14-9-15-20(23(19)31)28-22-21(27-16-17-10-5-3-6-11-17)25(33)30(26(22)34)18-12-7-4-8-13-18;1-2/h3,5-6,9-11,14-15,18,27-28,31H,4,7-8,12-13,16H2,1-2H3;1-2H3. The predicted octanol–water partition coefficient (Wildman–Crippen LogP) is 4.24. The largest absolute Gasteiger partial charge is 0.505 e. The normalized spacial score (nSPS) is 15.9. The number of para-hydroxylation sites is 1. The van der Waals surface area contributed by atoms with Gasteiger partial charge in [-0.15, -0.1) is 0 Å². The molecule has 8 heteroatoms. The second kappa shape index (κ2) is 12.2. The van der Waals surface area contributed by atoms with Crippen LogP contribution in [0.5, 0.6) is 5.75 Å². The number of anilines is 1. The molecule has 192 valence electrons. The smallest absolute Gasteiger partial charge is 0.279 e. The first-order chi connectivity index (χ1) is 17.4. The van der Waals surface area contributed by atoms with Gasteiger partial charge in [-0.1, -0.05) is 69.5 Å². The Balaban J connectivity index is 0.00000176. The highest BCUT2D eigenvalue weighted by Gasteiger charge is 2.43. The molecule has 0 spiro atoms. The first-order valence-electron chi connectivity index (χ1n) is 12.6. The number of carbonyl (C=O) groups is 3. The lowest BCUT2D eigenvalue weighted by Crippen LogP contribution is -2.43. The van der Waals surface area contributed by atoms with Crippen LogP contribution in [0.15, 0.2) is 59.9 Å². The Bertz CT molecular complexity index is 1120. The van der Waals surface area contributed by atoms with E-state index in [9.17, 15) is 19.5 Å². The molecule has 1 aliphatic heterocycles. The number of amides is 3. The third-order valence-electron chi connectivity index (χ3n) is 6.30.